The Balaban J connectivity index is 1.69. The van der Waals surface area contributed by atoms with Crippen molar-refractivity contribution in [1.82, 2.24) is 10.3 Å². The summed E-state index contributed by atoms with van der Waals surface area (Å²) in [6, 6.07) is 13.0. The summed E-state index contributed by atoms with van der Waals surface area (Å²) in [5.74, 6) is 2.03. The van der Waals surface area contributed by atoms with Crippen LogP contribution < -0.4 is 19.5 Å². The topological polar surface area (TPSA) is 69.7 Å². The predicted octanol–water partition coefficient (Wildman–Crippen LogP) is 4.22. The summed E-state index contributed by atoms with van der Waals surface area (Å²) >= 11 is 0. The molecule has 6 heteroatoms. The highest BCUT2D eigenvalue weighted by Gasteiger charge is 2.13. The Hall–Kier alpha value is -3.54. The summed E-state index contributed by atoms with van der Waals surface area (Å²) in [6.45, 7) is 4.63. The van der Waals surface area contributed by atoms with E-state index < -0.39 is 0 Å². The van der Waals surface area contributed by atoms with Crippen LogP contribution in [0.3, 0.4) is 0 Å². The molecular weight excluding hydrogens is 380 g/mol. The van der Waals surface area contributed by atoms with Crippen LogP contribution in [-0.4, -0.2) is 25.1 Å². The molecule has 0 saturated carbocycles. The van der Waals surface area contributed by atoms with Crippen LogP contribution in [0, 0.1) is 13.8 Å². The van der Waals surface area contributed by atoms with Gasteiger partial charge in [0.05, 0.1) is 14.2 Å². The maximum absolute atomic E-state index is 12.7. The number of aromatic nitrogens is 1. The third-order valence-electron chi connectivity index (χ3n) is 4.76. The highest BCUT2D eigenvalue weighted by atomic mass is 16.5. The number of hydrogen-bond donors (Lipinski definition) is 1. The summed E-state index contributed by atoms with van der Waals surface area (Å²) in [7, 11) is 3.21. The highest BCUT2D eigenvalue weighted by molar-refractivity contribution is 5.94. The van der Waals surface area contributed by atoms with Gasteiger partial charge < -0.3 is 19.5 Å². The maximum atomic E-state index is 12.7. The van der Waals surface area contributed by atoms with Crippen LogP contribution in [0.5, 0.6) is 17.2 Å². The molecule has 0 atom stereocenters. The monoisotopic (exact) mass is 406 g/mol. The lowest BCUT2D eigenvalue weighted by Gasteiger charge is -2.15. The zero-order chi connectivity index (χ0) is 21.5. The van der Waals surface area contributed by atoms with Gasteiger partial charge in [-0.05, 0) is 61.4 Å². The lowest BCUT2D eigenvalue weighted by atomic mass is 10.0. The molecule has 0 aliphatic heterocycles. The van der Waals surface area contributed by atoms with Crippen LogP contribution >= 0.6 is 0 Å². The minimum atomic E-state index is -0.162. The molecule has 30 heavy (non-hydrogen) atoms. The molecule has 0 aliphatic carbocycles. The van der Waals surface area contributed by atoms with Crippen molar-refractivity contribution >= 4 is 5.91 Å². The van der Waals surface area contributed by atoms with Crippen molar-refractivity contribution in [3.05, 3.63) is 82.7 Å². The first-order valence-electron chi connectivity index (χ1n) is 9.64. The third kappa shape index (κ3) is 5.08. The van der Waals surface area contributed by atoms with Gasteiger partial charge in [-0.2, -0.15) is 0 Å². The molecule has 1 N–H and O–H groups in total. The minimum Gasteiger partial charge on any atom is -0.497 e. The SMILES string of the molecule is COc1ccc(OC)c(CNC(=O)c2cc(C)c(OCc3cccnc3)c(C)c2)c1. The van der Waals surface area contributed by atoms with Crippen molar-refractivity contribution in [2.24, 2.45) is 0 Å². The lowest BCUT2D eigenvalue weighted by Crippen LogP contribution is -2.23. The molecular formula is C24H26N2O4. The zero-order valence-electron chi connectivity index (χ0n) is 17.7. The summed E-state index contributed by atoms with van der Waals surface area (Å²) in [4.78, 5) is 16.8. The van der Waals surface area contributed by atoms with Gasteiger partial charge in [0, 0.05) is 35.6 Å². The fourth-order valence-corrected chi connectivity index (χ4v) is 3.25. The molecule has 0 spiro atoms. The van der Waals surface area contributed by atoms with Crippen molar-refractivity contribution in [3.63, 3.8) is 0 Å². The average molecular weight is 406 g/mol. The Bertz CT molecular complexity index is 996. The van der Waals surface area contributed by atoms with E-state index >= 15 is 0 Å². The Kier molecular flexibility index (Phi) is 6.91. The summed E-state index contributed by atoms with van der Waals surface area (Å²) < 4.78 is 16.6. The Labute approximate surface area is 176 Å². The summed E-state index contributed by atoms with van der Waals surface area (Å²) in [6.07, 6.45) is 3.51. The first-order chi connectivity index (χ1) is 14.5. The van der Waals surface area contributed by atoms with Crippen LogP contribution in [0.2, 0.25) is 0 Å². The average Bonchev–Trinajstić information content (AvgIpc) is 2.77. The Morgan fingerprint density at radius 1 is 1.03 bits per heavy atom. The van der Waals surface area contributed by atoms with Crippen molar-refractivity contribution in [2.75, 3.05) is 14.2 Å². The van der Waals surface area contributed by atoms with E-state index in [0.29, 0.717) is 30.2 Å². The molecule has 0 aliphatic rings. The van der Waals surface area contributed by atoms with Crippen LogP contribution in [-0.2, 0) is 13.2 Å². The number of methoxy groups -OCH3 is 2. The zero-order valence-corrected chi connectivity index (χ0v) is 17.7. The first kappa shape index (κ1) is 21.2. The number of aryl methyl sites for hydroxylation is 2. The van der Waals surface area contributed by atoms with E-state index in [1.54, 1.807) is 26.6 Å². The largest absolute Gasteiger partial charge is 0.497 e. The van der Waals surface area contributed by atoms with Crippen molar-refractivity contribution in [3.8, 4) is 17.2 Å². The second-order valence-corrected chi connectivity index (χ2v) is 6.95. The van der Waals surface area contributed by atoms with Crippen LogP contribution in [0.25, 0.3) is 0 Å². The number of carbonyl (C=O) groups excluding carboxylic acids is 1. The summed E-state index contributed by atoms with van der Waals surface area (Å²) in [5.41, 5.74) is 4.23. The van der Waals surface area contributed by atoms with Gasteiger partial charge in [-0.3, -0.25) is 9.78 Å². The van der Waals surface area contributed by atoms with Crippen LogP contribution in [0.4, 0.5) is 0 Å². The molecule has 1 heterocycles. The Morgan fingerprint density at radius 3 is 2.43 bits per heavy atom. The molecule has 0 radical (unpaired) electrons. The van der Waals surface area contributed by atoms with Gasteiger partial charge in [-0.1, -0.05) is 6.07 Å². The highest BCUT2D eigenvalue weighted by Crippen LogP contribution is 2.27. The smallest absolute Gasteiger partial charge is 0.251 e. The van der Waals surface area contributed by atoms with E-state index in [9.17, 15) is 4.79 Å². The van der Waals surface area contributed by atoms with Crippen molar-refractivity contribution in [2.45, 2.75) is 27.0 Å². The minimum absolute atomic E-state index is 0.162. The number of carbonyl (C=O) groups is 1. The fraction of sp³-hybridized carbons (Fsp3) is 0.250. The molecule has 3 aromatic rings. The number of nitrogens with one attached hydrogen (secondary N) is 1. The van der Waals surface area contributed by atoms with Gasteiger partial charge in [-0.25, -0.2) is 0 Å². The van der Waals surface area contributed by atoms with Crippen LogP contribution in [0.15, 0.2) is 54.9 Å². The van der Waals surface area contributed by atoms with E-state index in [4.69, 9.17) is 14.2 Å². The number of pyridine rings is 1. The van der Waals surface area contributed by atoms with Gasteiger partial charge >= 0.3 is 0 Å². The fourth-order valence-electron chi connectivity index (χ4n) is 3.25. The number of benzene rings is 2. The molecule has 2 aromatic carbocycles. The molecule has 3 rings (SSSR count). The van der Waals surface area contributed by atoms with E-state index in [0.717, 1.165) is 28.0 Å². The molecule has 1 aromatic heterocycles. The Morgan fingerprint density at radius 2 is 1.80 bits per heavy atom. The van der Waals surface area contributed by atoms with Gasteiger partial charge in [0.15, 0.2) is 0 Å². The molecule has 0 saturated heterocycles. The van der Waals surface area contributed by atoms with Crippen molar-refractivity contribution < 1.29 is 19.0 Å². The first-order valence-corrected chi connectivity index (χ1v) is 9.64. The standard InChI is InChI=1S/C24H26N2O4/c1-16-10-19(11-17(2)23(16)30-15-18-6-5-9-25-13-18)24(27)26-14-20-12-21(28-3)7-8-22(20)29-4/h5-13H,14-15H2,1-4H3,(H,26,27). The number of amides is 1. The molecule has 0 bridgehead atoms. The van der Waals surface area contributed by atoms with Gasteiger partial charge in [0.1, 0.15) is 23.9 Å². The van der Waals surface area contributed by atoms with E-state index in [1.807, 2.05) is 56.3 Å². The molecule has 0 fully saturated rings. The third-order valence-corrected chi connectivity index (χ3v) is 4.76. The molecule has 0 unspecified atom stereocenters. The van der Waals surface area contributed by atoms with Crippen molar-refractivity contribution in [1.29, 1.82) is 0 Å². The second-order valence-electron chi connectivity index (χ2n) is 6.95. The van der Waals surface area contributed by atoms with Gasteiger partial charge in [0.2, 0.25) is 0 Å². The van der Waals surface area contributed by atoms with Gasteiger partial charge in [-0.15, -0.1) is 0 Å². The molecule has 6 nitrogen and oxygen atoms in total. The molecule has 1 amide bonds. The summed E-state index contributed by atoms with van der Waals surface area (Å²) in [5, 5.41) is 2.95. The predicted molar refractivity (Wildman–Crippen MR) is 115 cm³/mol. The van der Waals surface area contributed by atoms with Crippen LogP contribution in [0.1, 0.15) is 32.6 Å². The van der Waals surface area contributed by atoms with E-state index in [1.165, 1.54) is 0 Å². The second kappa shape index (κ2) is 9.78. The molecule has 156 valence electrons. The quantitative estimate of drug-likeness (QED) is 0.606. The number of hydrogen-bond acceptors (Lipinski definition) is 5. The maximum Gasteiger partial charge on any atom is 0.251 e. The normalized spacial score (nSPS) is 10.4. The van der Waals surface area contributed by atoms with Gasteiger partial charge in [0.25, 0.3) is 5.91 Å². The van der Waals surface area contributed by atoms with E-state index in [-0.39, 0.29) is 5.91 Å². The number of nitrogens with zero attached hydrogens (tertiary/aromatic N) is 1. The number of ether oxygens (including phenoxy) is 3. The number of rotatable bonds is 8. The lowest BCUT2D eigenvalue weighted by molar-refractivity contribution is 0.0950. The van der Waals surface area contributed by atoms with E-state index in [2.05, 4.69) is 10.3 Å².